The summed E-state index contributed by atoms with van der Waals surface area (Å²) in [7, 11) is 3.53. The number of hydrogen-bond acceptors (Lipinski definition) is 6. The van der Waals surface area contributed by atoms with E-state index >= 15 is 0 Å². The van der Waals surface area contributed by atoms with Crippen LogP contribution in [0.5, 0.6) is 5.75 Å². The van der Waals surface area contributed by atoms with Gasteiger partial charge in [-0.15, -0.1) is 0 Å². The predicted octanol–water partition coefficient (Wildman–Crippen LogP) is 2.57. The normalized spacial score (nSPS) is 20.9. The van der Waals surface area contributed by atoms with Crippen LogP contribution in [0.3, 0.4) is 0 Å². The summed E-state index contributed by atoms with van der Waals surface area (Å²) in [6.07, 6.45) is 0. The molecule has 0 saturated carbocycles. The first-order valence-corrected chi connectivity index (χ1v) is 7.66. The summed E-state index contributed by atoms with van der Waals surface area (Å²) < 4.78 is 10.8. The third-order valence-electron chi connectivity index (χ3n) is 3.40. The highest BCUT2D eigenvalue weighted by Crippen LogP contribution is 2.48. The second-order valence-electron chi connectivity index (χ2n) is 4.55. The third kappa shape index (κ3) is 2.16. The van der Waals surface area contributed by atoms with Crippen molar-refractivity contribution in [2.75, 3.05) is 25.6 Å². The van der Waals surface area contributed by atoms with Gasteiger partial charge in [-0.3, -0.25) is 9.69 Å². The number of ether oxygens (including phenoxy) is 2. The van der Waals surface area contributed by atoms with E-state index in [4.69, 9.17) is 21.7 Å². The van der Waals surface area contributed by atoms with Crippen LogP contribution in [0.1, 0.15) is 6.92 Å². The number of benzene rings is 1. The summed E-state index contributed by atoms with van der Waals surface area (Å²) in [6.45, 7) is 2.37. The Hall–Kier alpha value is -1.73. The first kappa shape index (κ1) is 14.2. The Kier molecular flexibility index (Phi) is 3.54. The molecule has 2 aliphatic heterocycles. The number of rotatable bonds is 2. The van der Waals surface area contributed by atoms with Gasteiger partial charge in [-0.25, -0.2) is 0 Å². The van der Waals surface area contributed by atoms with Crippen LogP contribution in [0.4, 0.5) is 5.69 Å². The summed E-state index contributed by atoms with van der Waals surface area (Å²) in [4.78, 5) is 16.8. The Labute approximate surface area is 132 Å². The van der Waals surface area contributed by atoms with Crippen LogP contribution in [0.2, 0.25) is 0 Å². The molecule has 21 heavy (non-hydrogen) atoms. The minimum Gasteiger partial charge on any atom is -0.497 e. The number of methoxy groups -OCH3 is 1. The van der Waals surface area contributed by atoms with Crippen molar-refractivity contribution in [2.24, 2.45) is 0 Å². The van der Waals surface area contributed by atoms with Crippen molar-refractivity contribution in [1.82, 2.24) is 4.90 Å². The SMILES string of the molecule is CCN1C(=O)C(=C2Sc3ccc(OC)cc3N2C)OC1=S. The Bertz CT molecular complexity index is 672. The van der Waals surface area contributed by atoms with E-state index in [0.717, 1.165) is 21.4 Å². The van der Waals surface area contributed by atoms with Crippen molar-refractivity contribution in [3.05, 3.63) is 29.0 Å². The first-order valence-electron chi connectivity index (χ1n) is 6.44. The monoisotopic (exact) mass is 322 g/mol. The lowest BCUT2D eigenvalue weighted by Gasteiger charge is -2.14. The highest BCUT2D eigenvalue weighted by Gasteiger charge is 2.38. The molecule has 1 fully saturated rings. The molecule has 0 atom stereocenters. The van der Waals surface area contributed by atoms with E-state index < -0.39 is 0 Å². The fourth-order valence-corrected chi connectivity index (χ4v) is 3.65. The maximum absolute atomic E-state index is 12.3. The number of anilines is 1. The molecule has 1 aromatic carbocycles. The van der Waals surface area contributed by atoms with Gasteiger partial charge < -0.3 is 14.4 Å². The summed E-state index contributed by atoms with van der Waals surface area (Å²) in [5.41, 5.74) is 0.985. The number of amides is 1. The minimum atomic E-state index is -0.184. The standard InChI is InChI=1S/C14H14N2O3S2/c1-4-16-12(17)11(19-14(16)20)13-15(2)9-7-8(18-3)5-6-10(9)21-13/h5-7H,4H2,1-3H3. The Morgan fingerprint density at radius 1 is 1.43 bits per heavy atom. The number of carbonyl (C=O) groups is 1. The second-order valence-corrected chi connectivity index (χ2v) is 5.93. The highest BCUT2D eigenvalue weighted by atomic mass is 32.2. The third-order valence-corrected chi connectivity index (χ3v) is 4.92. The van der Waals surface area contributed by atoms with E-state index in [0.29, 0.717) is 12.3 Å². The number of thioether (sulfide) groups is 1. The topological polar surface area (TPSA) is 42.0 Å². The van der Waals surface area contributed by atoms with Gasteiger partial charge in [-0.05, 0) is 31.3 Å². The van der Waals surface area contributed by atoms with Crippen LogP contribution < -0.4 is 9.64 Å². The van der Waals surface area contributed by atoms with Crippen molar-refractivity contribution < 1.29 is 14.3 Å². The minimum absolute atomic E-state index is 0.184. The fraction of sp³-hybridized carbons (Fsp3) is 0.286. The highest BCUT2D eigenvalue weighted by molar-refractivity contribution is 8.03. The molecule has 7 heteroatoms. The molecule has 0 aromatic heterocycles. The molecule has 0 aliphatic carbocycles. The van der Waals surface area contributed by atoms with Crippen molar-refractivity contribution >= 4 is 40.7 Å². The van der Waals surface area contributed by atoms with Crippen molar-refractivity contribution in [2.45, 2.75) is 11.8 Å². The van der Waals surface area contributed by atoms with E-state index in [1.807, 2.05) is 37.1 Å². The number of thiocarbonyl (C=S) groups is 1. The van der Waals surface area contributed by atoms with Crippen LogP contribution in [-0.4, -0.2) is 36.7 Å². The predicted molar refractivity (Wildman–Crippen MR) is 85.4 cm³/mol. The Balaban J connectivity index is 2.01. The lowest BCUT2D eigenvalue weighted by molar-refractivity contribution is -0.122. The molecule has 2 aliphatic rings. The van der Waals surface area contributed by atoms with Crippen LogP contribution in [-0.2, 0) is 9.53 Å². The summed E-state index contributed by atoms with van der Waals surface area (Å²) in [6, 6.07) is 5.80. The van der Waals surface area contributed by atoms with Crippen LogP contribution >= 0.6 is 24.0 Å². The fourth-order valence-electron chi connectivity index (χ4n) is 2.25. The molecular formula is C14H14N2O3S2. The molecule has 0 radical (unpaired) electrons. The summed E-state index contributed by atoms with van der Waals surface area (Å²) in [5.74, 6) is 0.887. The number of nitrogens with zero attached hydrogens (tertiary/aromatic N) is 2. The van der Waals surface area contributed by atoms with Gasteiger partial charge >= 0.3 is 0 Å². The zero-order valence-electron chi connectivity index (χ0n) is 11.9. The van der Waals surface area contributed by atoms with Crippen molar-refractivity contribution in [3.63, 3.8) is 0 Å². The molecule has 1 amide bonds. The molecule has 2 heterocycles. The zero-order valence-corrected chi connectivity index (χ0v) is 13.5. The van der Waals surface area contributed by atoms with Gasteiger partial charge in [0, 0.05) is 24.6 Å². The molecule has 0 bridgehead atoms. The molecule has 0 N–H and O–H groups in total. The van der Waals surface area contributed by atoms with Gasteiger partial charge in [0.15, 0.2) is 0 Å². The lowest BCUT2D eigenvalue weighted by Crippen LogP contribution is -2.28. The molecular weight excluding hydrogens is 308 g/mol. The number of hydrogen-bond donors (Lipinski definition) is 0. The van der Waals surface area contributed by atoms with Gasteiger partial charge in [0.25, 0.3) is 11.1 Å². The van der Waals surface area contributed by atoms with E-state index in [1.54, 1.807) is 7.11 Å². The smallest absolute Gasteiger partial charge is 0.299 e. The van der Waals surface area contributed by atoms with E-state index in [2.05, 4.69) is 0 Å². The average molecular weight is 322 g/mol. The van der Waals surface area contributed by atoms with E-state index in [-0.39, 0.29) is 11.1 Å². The summed E-state index contributed by atoms with van der Waals surface area (Å²) in [5, 5.41) is 0.967. The molecule has 5 nitrogen and oxygen atoms in total. The second kappa shape index (κ2) is 5.23. The lowest BCUT2D eigenvalue weighted by atomic mass is 10.3. The Morgan fingerprint density at radius 3 is 2.81 bits per heavy atom. The molecule has 0 spiro atoms. The van der Waals surface area contributed by atoms with Crippen LogP contribution in [0.15, 0.2) is 33.9 Å². The van der Waals surface area contributed by atoms with Crippen molar-refractivity contribution in [1.29, 1.82) is 0 Å². The number of fused-ring (bicyclic) bond motifs is 1. The molecule has 1 saturated heterocycles. The Morgan fingerprint density at radius 2 is 2.19 bits per heavy atom. The molecule has 3 rings (SSSR count). The largest absolute Gasteiger partial charge is 0.497 e. The van der Waals surface area contributed by atoms with Gasteiger partial charge in [-0.1, -0.05) is 11.8 Å². The number of carbonyl (C=O) groups excluding carboxylic acids is 1. The first-order chi connectivity index (χ1) is 10.1. The van der Waals surface area contributed by atoms with Gasteiger partial charge in [0.2, 0.25) is 5.76 Å². The van der Waals surface area contributed by atoms with Crippen LogP contribution in [0.25, 0.3) is 0 Å². The molecule has 1 aromatic rings. The molecule has 110 valence electrons. The van der Waals surface area contributed by atoms with Gasteiger partial charge in [0.1, 0.15) is 10.8 Å². The average Bonchev–Trinajstić information content (AvgIpc) is 2.96. The van der Waals surface area contributed by atoms with E-state index in [1.165, 1.54) is 16.7 Å². The van der Waals surface area contributed by atoms with Gasteiger partial charge in [-0.2, -0.15) is 0 Å². The maximum Gasteiger partial charge on any atom is 0.299 e. The zero-order chi connectivity index (χ0) is 15.1. The maximum atomic E-state index is 12.3. The quantitative estimate of drug-likeness (QED) is 0.616. The van der Waals surface area contributed by atoms with Crippen LogP contribution in [0, 0.1) is 0 Å². The van der Waals surface area contributed by atoms with Gasteiger partial charge in [0.05, 0.1) is 12.8 Å². The molecule has 0 unspecified atom stereocenters. The summed E-state index contributed by atoms with van der Waals surface area (Å²) >= 11 is 6.59. The number of likely N-dealkylation sites (N-methyl/N-ethyl adjacent to an activating group) is 1. The van der Waals surface area contributed by atoms with E-state index in [9.17, 15) is 4.79 Å². The van der Waals surface area contributed by atoms with Crippen molar-refractivity contribution in [3.8, 4) is 5.75 Å².